The Morgan fingerprint density at radius 2 is 1.91 bits per heavy atom. The summed E-state index contributed by atoms with van der Waals surface area (Å²) in [6, 6.07) is 14.4. The van der Waals surface area contributed by atoms with Crippen LogP contribution in [0.3, 0.4) is 0 Å². The Hall–Kier alpha value is -3.15. The van der Waals surface area contributed by atoms with E-state index in [4.69, 9.17) is 4.52 Å². The lowest BCUT2D eigenvalue weighted by atomic mass is 10.2. The van der Waals surface area contributed by atoms with Gasteiger partial charge in [-0.25, -0.2) is 4.79 Å². The maximum Gasteiger partial charge on any atom is 0.324 e. The topological polar surface area (TPSA) is 80.0 Å². The number of benzene rings is 1. The fourth-order valence-electron chi connectivity index (χ4n) is 1.89. The van der Waals surface area contributed by atoms with E-state index in [1.165, 1.54) is 0 Å². The molecule has 3 rings (SSSR count). The molecule has 0 radical (unpaired) electrons. The number of hydrogen-bond acceptors (Lipinski definition) is 4. The lowest BCUT2D eigenvalue weighted by molar-refractivity contribution is 0.262. The lowest BCUT2D eigenvalue weighted by Gasteiger charge is -2.04. The highest BCUT2D eigenvalue weighted by Crippen LogP contribution is 2.21. The Kier molecular flexibility index (Phi) is 3.82. The maximum absolute atomic E-state index is 11.9. The molecule has 3 aromatic rings. The van der Waals surface area contributed by atoms with E-state index in [0.717, 1.165) is 11.3 Å². The molecule has 22 heavy (non-hydrogen) atoms. The lowest BCUT2D eigenvalue weighted by Crippen LogP contribution is -2.19. The van der Waals surface area contributed by atoms with Crippen LogP contribution in [-0.4, -0.2) is 16.2 Å². The minimum atomic E-state index is -0.404. The average molecular weight is 294 g/mol. The van der Waals surface area contributed by atoms with E-state index in [2.05, 4.69) is 20.8 Å². The van der Waals surface area contributed by atoms with Crippen LogP contribution in [0.5, 0.6) is 0 Å². The first-order chi connectivity index (χ1) is 10.7. The van der Waals surface area contributed by atoms with Crippen molar-refractivity contribution in [3.63, 3.8) is 0 Å². The summed E-state index contributed by atoms with van der Waals surface area (Å²) in [5, 5.41) is 9.11. The molecule has 0 saturated heterocycles. The Bertz CT molecular complexity index is 766. The number of nitrogens with zero attached hydrogens (tertiary/aromatic N) is 2. The van der Waals surface area contributed by atoms with Crippen LogP contribution in [0, 0.1) is 6.92 Å². The number of rotatable bonds is 3. The van der Waals surface area contributed by atoms with Crippen molar-refractivity contribution in [2.45, 2.75) is 6.92 Å². The largest absolute Gasteiger partial charge is 0.354 e. The zero-order chi connectivity index (χ0) is 15.4. The van der Waals surface area contributed by atoms with Gasteiger partial charge in [-0.15, -0.1) is 0 Å². The van der Waals surface area contributed by atoms with Crippen molar-refractivity contribution in [2.75, 3.05) is 10.6 Å². The van der Waals surface area contributed by atoms with Crippen molar-refractivity contribution in [1.29, 1.82) is 0 Å². The van der Waals surface area contributed by atoms with E-state index >= 15 is 0 Å². The molecular formula is C16H14N4O2. The number of anilines is 2. The highest BCUT2D eigenvalue weighted by atomic mass is 16.5. The maximum atomic E-state index is 11.9. The summed E-state index contributed by atoms with van der Waals surface area (Å²) >= 11 is 0. The number of pyridine rings is 1. The predicted molar refractivity (Wildman–Crippen MR) is 83.6 cm³/mol. The SMILES string of the molecule is Cc1ccc(NC(=O)Nc2cc(-c3ccccc3)on2)cn1. The first kappa shape index (κ1) is 13.8. The average Bonchev–Trinajstić information content (AvgIpc) is 2.99. The third-order valence-corrected chi connectivity index (χ3v) is 2.98. The Morgan fingerprint density at radius 3 is 2.64 bits per heavy atom. The Balaban J connectivity index is 1.65. The molecule has 0 unspecified atom stereocenters. The van der Waals surface area contributed by atoms with E-state index in [-0.39, 0.29) is 0 Å². The van der Waals surface area contributed by atoms with Crippen molar-refractivity contribution in [1.82, 2.24) is 10.1 Å². The number of carbonyl (C=O) groups excluding carboxylic acids is 1. The summed E-state index contributed by atoms with van der Waals surface area (Å²) in [5.41, 5.74) is 2.39. The van der Waals surface area contributed by atoms with Gasteiger partial charge in [-0.05, 0) is 19.1 Å². The van der Waals surface area contributed by atoms with Gasteiger partial charge in [0, 0.05) is 17.3 Å². The molecule has 0 aliphatic heterocycles. The second-order valence-corrected chi connectivity index (χ2v) is 4.71. The first-order valence-corrected chi connectivity index (χ1v) is 6.73. The number of carbonyl (C=O) groups is 1. The van der Waals surface area contributed by atoms with E-state index in [0.29, 0.717) is 17.3 Å². The number of urea groups is 1. The summed E-state index contributed by atoms with van der Waals surface area (Å²) in [5.74, 6) is 0.935. The number of amides is 2. The fraction of sp³-hybridized carbons (Fsp3) is 0.0625. The van der Waals surface area contributed by atoms with Crippen molar-refractivity contribution in [3.05, 3.63) is 60.4 Å². The number of nitrogens with one attached hydrogen (secondary N) is 2. The summed E-state index contributed by atoms with van der Waals surface area (Å²) in [4.78, 5) is 16.0. The summed E-state index contributed by atoms with van der Waals surface area (Å²) < 4.78 is 5.21. The third-order valence-electron chi connectivity index (χ3n) is 2.98. The van der Waals surface area contributed by atoms with Crippen molar-refractivity contribution >= 4 is 17.5 Å². The first-order valence-electron chi connectivity index (χ1n) is 6.73. The monoisotopic (exact) mass is 294 g/mol. The second kappa shape index (κ2) is 6.09. The molecule has 6 heteroatoms. The highest BCUT2D eigenvalue weighted by Gasteiger charge is 2.09. The molecule has 2 amide bonds. The van der Waals surface area contributed by atoms with Crippen molar-refractivity contribution < 1.29 is 9.32 Å². The Morgan fingerprint density at radius 1 is 1.09 bits per heavy atom. The van der Waals surface area contributed by atoms with Crippen molar-refractivity contribution in [2.24, 2.45) is 0 Å². The molecule has 0 fully saturated rings. The van der Waals surface area contributed by atoms with E-state index in [9.17, 15) is 4.79 Å². The van der Waals surface area contributed by atoms with Gasteiger partial charge in [0.1, 0.15) is 0 Å². The van der Waals surface area contributed by atoms with Gasteiger partial charge in [0.25, 0.3) is 0 Å². The molecule has 0 saturated carbocycles. The van der Waals surface area contributed by atoms with Gasteiger partial charge in [-0.2, -0.15) is 0 Å². The molecule has 2 N–H and O–H groups in total. The minimum absolute atomic E-state index is 0.344. The summed E-state index contributed by atoms with van der Waals surface area (Å²) in [6.45, 7) is 1.88. The van der Waals surface area contributed by atoms with Gasteiger partial charge >= 0.3 is 6.03 Å². The van der Waals surface area contributed by atoms with Crippen LogP contribution >= 0.6 is 0 Å². The standard InChI is InChI=1S/C16H14N4O2/c1-11-7-8-13(10-17-11)18-16(21)19-15-9-14(22-20-15)12-5-3-2-4-6-12/h2-10H,1H3,(H2,18,19,20,21). The van der Waals surface area contributed by atoms with E-state index in [1.807, 2.05) is 43.3 Å². The molecule has 0 atom stereocenters. The normalized spacial score (nSPS) is 10.2. The van der Waals surface area contributed by atoms with Gasteiger partial charge in [-0.1, -0.05) is 35.5 Å². The molecule has 0 spiro atoms. The zero-order valence-corrected chi connectivity index (χ0v) is 11.9. The number of hydrogen-bond donors (Lipinski definition) is 2. The molecule has 1 aromatic carbocycles. The number of aryl methyl sites for hydroxylation is 1. The molecule has 0 bridgehead atoms. The van der Waals surface area contributed by atoms with Crippen molar-refractivity contribution in [3.8, 4) is 11.3 Å². The van der Waals surface area contributed by atoms with Crippen LogP contribution in [0.25, 0.3) is 11.3 Å². The third kappa shape index (κ3) is 3.29. The fourth-order valence-corrected chi connectivity index (χ4v) is 1.89. The van der Waals surface area contributed by atoms with E-state index < -0.39 is 6.03 Å². The number of aromatic nitrogens is 2. The van der Waals surface area contributed by atoms with Gasteiger partial charge < -0.3 is 9.84 Å². The van der Waals surface area contributed by atoms with E-state index in [1.54, 1.807) is 18.3 Å². The van der Waals surface area contributed by atoms with Crippen LogP contribution in [0.15, 0.2) is 59.3 Å². The van der Waals surface area contributed by atoms with Gasteiger partial charge in [0.15, 0.2) is 11.6 Å². The summed E-state index contributed by atoms with van der Waals surface area (Å²) in [7, 11) is 0. The zero-order valence-electron chi connectivity index (χ0n) is 11.9. The Labute approximate surface area is 127 Å². The minimum Gasteiger partial charge on any atom is -0.354 e. The highest BCUT2D eigenvalue weighted by molar-refractivity contribution is 5.99. The summed E-state index contributed by atoms with van der Waals surface area (Å²) in [6.07, 6.45) is 1.59. The molecule has 6 nitrogen and oxygen atoms in total. The second-order valence-electron chi connectivity index (χ2n) is 4.71. The van der Waals surface area contributed by atoms with Gasteiger partial charge in [-0.3, -0.25) is 10.3 Å². The quantitative estimate of drug-likeness (QED) is 0.772. The predicted octanol–water partition coefficient (Wildman–Crippen LogP) is 3.69. The molecule has 0 aliphatic rings. The van der Waals surface area contributed by atoms with Crippen LogP contribution < -0.4 is 10.6 Å². The molecule has 0 aliphatic carbocycles. The van der Waals surface area contributed by atoms with Crippen LogP contribution in [0.1, 0.15) is 5.69 Å². The van der Waals surface area contributed by atoms with Crippen LogP contribution in [0.2, 0.25) is 0 Å². The smallest absolute Gasteiger partial charge is 0.324 e. The van der Waals surface area contributed by atoms with Gasteiger partial charge in [0.05, 0.1) is 11.9 Å². The van der Waals surface area contributed by atoms with Gasteiger partial charge in [0.2, 0.25) is 0 Å². The molecule has 2 aromatic heterocycles. The molecule has 110 valence electrons. The molecular weight excluding hydrogens is 280 g/mol. The van der Waals surface area contributed by atoms with Crippen LogP contribution in [0.4, 0.5) is 16.3 Å². The van der Waals surface area contributed by atoms with Crippen LogP contribution in [-0.2, 0) is 0 Å². The molecule has 2 heterocycles.